The Morgan fingerprint density at radius 1 is 1.73 bits per heavy atom. The van der Waals surface area contributed by atoms with Crippen molar-refractivity contribution in [3.8, 4) is 6.07 Å². The molecule has 0 atom stereocenters. The summed E-state index contributed by atoms with van der Waals surface area (Å²) in [7, 11) is 1.36. The highest BCUT2D eigenvalue weighted by molar-refractivity contribution is 7.99. The number of pyridine rings is 1. The number of hydrogen-bond acceptors (Lipinski definition) is 5. The van der Waals surface area contributed by atoms with Crippen molar-refractivity contribution in [1.82, 2.24) is 4.98 Å². The molecule has 0 radical (unpaired) electrons. The SMILES string of the molecule is COC(=O)CCSc1cccnc1C#N. The fourth-order valence-electron chi connectivity index (χ4n) is 0.937. The zero-order valence-electron chi connectivity index (χ0n) is 8.27. The normalized spacial score (nSPS) is 9.33. The molecule has 0 bridgehead atoms. The summed E-state index contributed by atoms with van der Waals surface area (Å²) in [6, 6.07) is 5.58. The van der Waals surface area contributed by atoms with Gasteiger partial charge in [-0.2, -0.15) is 5.26 Å². The minimum absolute atomic E-state index is 0.245. The van der Waals surface area contributed by atoms with E-state index in [-0.39, 0.29) is 5.97 Å². The van der Waals surface area contributed by atoms with E-state index in [4.69, 9.17) is 5.26 Å². The van der Waals surface area contributed by atoms with Gasteiger partial charge in [0.1, 0.15) is 6.07 Å². The minimum atomic E-state index is -0.245. The van der Waals surface area contributed by atoms with Gasteiger partial charge in [0, 0.05) is 16.8 Å². The van der Waals surface area contributed by atoms with Gasteiger partial charge in [-0.1, -0.05) is 0 Å². The first-order valence-corrected chi connectivity index (χ1v) is 5.31. The average molecular weight is 222 g/mol. The van der Waals surface area contributed by atoms with Crippen LogP contribution in [0.5, 0.6) is 0 Å². The number of aromatic nitrogens is 1. The molecule has 0 saturated carbocycles. The van der Waals surface area contributed by atoms with E-state index in [2.05, 4.69) is 9.72 Å². The van der Waals surface area contributed by atoms with Crippen LogP contribution in [-0.4, -0.2) is 23.8 Å². The lowest BCUT2D eigenvalue weighted by Crippen LogP contribution is -2.01. The first-order chi connectivity index (χ1) is 7.27. The molecule has 15 heavy (non-hydrogen) atoms. The number of nitrogens with zero attached hydrogens (tertiary/aromatic N) is 2. The van der Waals surface area contributed by atoms with Crippen LogP contribution in [0.25, 0.3) is 0 Å². The number of esters is 1. The molecule has 0 spiro atoms. The van der Waals surface area contributed by atoms with Crippen LogP contribution in [0.1, 0.15) is 12.1 Å². The number of nitriles is 1. The Morgan fingerprint density at radius 2 is 2.53 bits per heavy atom. The molecule has 0 saturated heterocycles. The van der Waals surface area contributed by atoms with Gasteiger partial charge in [0.05, 0.1) is 13.5 Å². The minimum Gasteiger partial charge on any atom is -0.469 e. The second kappa shape index (κ2) is 6.04. The highest BCUT2D eigenvalue weighted by atomic mass is 32.2. The van der Waals surface area contributed by atoms with Crippen molar-refractivity contribution in [1.29, 1.82) is 5.26 Å². The second-order valence-corrected chi connectivity index (χ2v) is 3.77. The maximum absolute atomic E-state index is 10.8. The van der Waals surface area contributed by atoms with Gasteiger partial charge < -0.3 is 4.74 Å². The van der Waals surface area contributed by atoms with Crippen molar-refractivity contribution >= 4 is 17.7 Å². The summed E-state index contributed by atoms with van der Waals surface area (Å²) in [5.74, 6) is 0.345. The maximum atomic E-state index is 10.8. The summed E-state index contributed by atoms with van der Waals surface area (Å²) in [4.78, 5) is 15.6. The number of carbonyl (C=O) groups is 1. The molecule has 1 aromatic rings. The number of ether oxygens (including phenoxy) is 1. The molecule has 1 rings (SSSR count). The Morgan fingerprint density at radius 3 is 3.20 bits per heavy atom. The van der Waals surface area contributed by atoms with Gasteiger partial charge >= 0.3 is 5.97 Å². The summed E-state index contributed by atoms with van der Waals surface area (Å²) in [6.07, 6.45) is 1.91. The molecule has 0 unspecified atom stereocenters. The highest BCUT2D eigenvalue weighted by Crippen LogP contribution is 2.20. The Balaban J connectivity index is 2.51. The lowest BCUT2D eigenvalue weighted by atomic mass is 10.4. The number of carbonyl (C=O) groups excluding carboxylic acids is 1. The standard InChI is InChI=1S/C10H10N2O2S/c1-14-10(13)4-6-15-9-3-2-5-12-8(9)7-11/h2-3,5H,4,6H2,1H3. The molecule has 0 amide bonds. The van der Waals surface area contributed by atoms with Gasteiger partial charge in [-0.05, 0) is 12.1 Å². The highest BCUT2D eigenvalue weighted by Gasteiger charge is 2.05. The van der Waals surface area contributed by atoms with Crippen LogP contribution >= 0.6 is 11.8 Å². The molecule has 4 nitrogen and oxygen atoms in total. The molecule has 5 heteroatoms. The first-order valence-electron chi connectivity index (χ1n) is 4.32. The fourth-order valence-corrected chi connectivity index (χ4v) is 1.84. The molecule has 1 heterocycles. The summed E-state index contributed by atoms with van der Waals surface area (Å²) in [5, 5.41) is 8.76. The zero-order valence-corrected chi connectivity index (χ0v) is 9.08. The molecule has 0 aliphatic carbocycles. The number of thioether (sulfide) groups is 1. The summed E-state index contributed by atoms with van der Waals surface area (Å²) in [5.41, 5.74) is 0.396. The van der Waals surface area contributed by atoms with Crippen LogP contribution in [0, 0.1) is 11.3 Å². The quantitative estimate of drug-likeness (QED) is 0.572. The summed E-state index contributed by atoms with van der Waals surface area (Å²) < 4.78 is 4.51. The number of methoxy groups -OCH3 is 1. The summed E-state index contributed by atoms with van der Waals surface area (Å²) >= 11 is 1.43. The monoisotopic (exact) mass is 222 g/mol. The van der Waals surface area contributed by atoms with E-state index in [0.717, 1.165) is 4.90 Å². The van der Waals surface area contributed by atoms with E-state index in [9.17, 15) is 4.79 Å². The molecule has 78 valence electrons. The largest absolute Gasteiger partial charge is 0.469 e. The molecular formula is C10H10N2O2S. The van der Waals surface area contributed by atoms with Crippen molar-refractivity contribution < 1.29 is 9.53 Å². The fraction of sp³-hybridized carbons (Fsp3) is 0.300. The van der Waals surface area contributed by atoms with Crippen molar-refractivity contribution in [2.45, 2.75) is 11.3 Å². The third-order valence-electron chi connectivity index (χ3n) is 1.67. The van der Waals surface area contributed by atoms with Crippen LogP contribution in [0.3, 0.4) is 0 Å². The smallest absolute Gasteiger partial charge is 0.306 e. The van der Waals surface area contributed by atoms with Gasteiger partial charge in [0.25, 0.3) is 0 Å². The molecule has 0 aromatic carbocycles. The third kappa shape index (κ3) is 3.60. The lowest BCUT2D eigenvalue weighted by Gasteiger charge is -2.01. The van der Waals surface area contributed by atoms with Gasteiger partial charge in [-0.15, -0.1) is 11.8 Å². The Labute approximate surface area is 92.3 Å². The zero-order chi connectivity index (χ0) is 11.1. The molecule has 0 aliphatic heterocycles. The predicted octanol–water partition coefficient (Wildman–Crippen LogP) is 1.61. The third-order valence-corrected chi connectivity index (χ3v) is 2.72. The maximum Gasteiger partial charge on any atom is 0.306 e. The Bertz CT molecular complexity index is 387. The van der Waals surface area contributed by atoms with Gasteiger partial charge in [-0.25, -0.2) is 4.98 Å². The van der Waals surface area contributed by atoms with Crippen LogP contribution in [0.2, 0.25) is 0 Å². The van der Waals surface area contributed by atoms with Gasteiger partial charge in [0.2, 0.25) is 0 Å². The van der Waals surface area contributed by atoms with Crippen molar-refractivity contribution in [3.63, 3.8) is 0 Å². The van der Waals surface area contributed by atoms with Crippen LogP contribution in [-0.2, 0) is 9.53 Å². The molecule has 0 N–H and O–H groups in total. The van der Waals surface area contributed by atoms with E-state index >= 15 is 0 Å². The molecule has 0 aliphatic rings. The Kier molecular flexibility index (Phi) is 4.64. The Hall–Kier alpha value is -1.54. The lowest BCUT2D eigenvalue weighted by molar-refractivity contribution is -0.140. The van der Waals surface area contributed by atoms with Crippen molar-refractivity contribution in [3.05, 3.63) is 24.0 Å². The first kappa shape index (κ1) is 11.5. The van der Waals surface area contributed by atoms with E-state index < -0.39 is 0 Å². The molecule has 1 aromatic heterocycles. The van der Waals surface area contributed by atoms with Crippen molar-refractivity contribution in [2.24, 2.45) is 0 Å². The number of hydrogen-bond donors (Lipinski definition) is 0. The van der Waals surface area contributed by atoms with Gasteiger partial charge in [-0.3, -0.25) is 4.79 Å². The van der Waals surface area contributed by atoms with Crippen LogP contribution < -0.4 is 0 Å². The van der Waals surface area contributed by atoms with Crippen LogP contribution in [0.15, 0.2) is 23.2 Å². The predicted molar refractivity (Wildman–Crippen MR) is 56.3 cm³/mol. The van der Waals surface area contributed by atoms with E-state index in [0.29, 0.717) is 17.9 Å². The van der Waals surface area contributed by atoms with Crippen LogP contribution in [0.4, 0.5) is 0 Å². The molecule has 0 fully saturated rings. The van der Waals surface area contributed by atoms with E-state index in [1.54, 1.807) is 12.3 Å². The number of rotatable bonds is 4. The average Bonchev–Trinajstić information content (AvgIpc) is 2.29. The van der Waals surface area contributed by atoms with Crippen molar-refractivity contribution in [2.75, 3.05) is 12.9 Å². The van der Waals surface area contributed by atoms with Gasteiger partial charge in [0.15, 0.2) is 5.69 Å². The van der Waals surface area contributed by atoms with E-state index in [1.807, 2.05) is 12.1 Å². The van der Waals surface area contributed by atoms with E-state index in [1.165, 1.54) is 18.9 Å². The second-order valence-electron chi connectivity index (χ2n) is 2.64. The summed E-state index contributed by atoms with van der Waals surface area (Å²) in [6.45, 7) is 0. The topological polar surface area (TPSA) is 63.0 Å². The molecular weight excluding hydrogens is 212 g/mol.